The van der Waals surface area contributed by atoms with Crippen LogP contribution in [0.3, 0.4) is 0 Å². The third kappa shape index (κ3) is 6.17. The Bertz CT molecular complexity index is 1320. The van der Waals surface area contributed by atoms with Crippen molar-refractivity contribution >= 4 is 17.8 Å². The second kappa shape index (κ2) is 11.2. The maximum atomic E-state index is 12.8. The second-order valence-corrected chi connectivity index (χ2v) is 12.7. The predicted octanol–water partition coefficient (Wildman–Crippen LogP) is 1.78. The summed E-state index contributed by atoms with van der Waals surface area (Å²) in [6.07, 6.45) is 5.98. The Morgan fingerprint density at radius 3 is 2.27 bits per heavy atom. The Labute approximate surface area is 241 Å². The van der Waals surface area contributed by atoms with Gasteiger partial charge in [-0.05, 0) is 82.7 Å². The molecule has 2 bridgehead atoms. The number of anilines is 1. The molecule has 1 unspecified atom stereocenters. The maximum Gasteiger partial charge on any atom is 0.354 e. The second-order valence-electron chi connectivity index (χ2n) is 12.7. The molecule has 5 N–H and O–H groups in total. The van der Waals surface area contributed by atoms with E-state index in [2.05, 4.69) is 41.2 Å². The number of nitrogens with two attached hydrogens (primary N) is 2. The molecule has 11 heteroatoms. The van der Waals surface area contributed by atoms with Crippen LogP contribution in [0.2, 0.25) is 0 Å². The SMILES string of the molecule is CCN(C(C)Cc1ccc(-n2ccc(NC(=O)N3CCN(C(=O)C(C)(C)N)CC3)nc2=O)cc1)[C@@H]1CC2(N)CC1C2. The van der Waals surface area contributed by atoms with Gasteiger partial charge in [-0.2, -0.15) is 4.98 Å². The molecule has 1 aromatic carbocycles. The van der Waals surface area contributed by atoms with Gasteiger partial charge in [0.2, 0.25) is 5.91 Å². The number of nitrogens with zero attached hydrogens (tertiary/aromatic N) is 5. The normalized spacial score (nSPS) is 24.8. The van der Waals surface area contributed by atoms with Gasteiger partial charge in [-0.1, -0.05) is 19.1 Å². The van der Waals surface area contributed by atoms with Crippen LogP contribution in [0.5, 0.6) is 0 Å². The van der Waals surface area contributed by atoms with Crippen LogP contribution < -0.4 is 22.5 Å². The van der Waals surface area contributed by atoms with Crippen molar-refractivity contribution < 1.29 is 9.59 Å². The van der Waals surface area contributed by atoms with Gasteiger partial charge in [-0.15, -0.1) is 0 Å². The molecule has 0 spiro atoms. The molecule has 1 aliphatic heterocycles. The first-order valence-electron chi connectivity index (χ1n) is 14.7. The summed E-state index contributed by atoms with van der Waals surface area (Å²) in [6.45, 7) is 10.4. The van der Waals surface area contributed by atoms with Crippen LogP contribution in [0.4, 0.5) is 10.6 Å². The highest BCUT2D eigenvalue weighted by atomic mass is 16.2. The zero-order valence-electron chi connectivity index (χ0n) is 24.7. The number of fused-ring (bicyclic) bond motifs is 1. The lowest BCUT2D eigenvalue weighted by Crippen LogP contribution is -2.58. The van der Waals surface area contributed by atoms with Crippen LogP contribution >= 0.6 is 0 Å². The molecule has 0 radical (unpaired) electrons. The van der Waals surface area contributed by atoms with Gasteiger partial charge in [0.05, 0.1) is 11.2 Å². The summed E-state index contributed by atoms with van der Waals surface area (Å²) in [7, 11) is 0. The van der Waals surface area contributed by atoms with Gasteiger partial charge in [0.1, 0.15) is 5.82 Å². The van der Waals surface area contributed by atoms with E-state index in [9.17, 15) is 14.4 Å². The van der Waals surface area contributed by atoms with E-state index >= 15 is 0 Å². The van der Waals surface area contributed by atoms with Crippen LogP contribution in [0.15, 0.2) is 41.3 Å². The predicted molar refractivity (Wildman–Crippen MR) is 159 cm³/mol. The average Bonchev–Trinajstić information content (AvgIpc) is 3.42. The van der Waals surface area contributed by atoms with Crippen molar-refractivity contribution in [1.29, 1.82) is 0 Å². The third-order valence-corrected chi connectivity index (χ3v) is 9.04. The first-order chi connectivity index (χ1) is 19.4. The van der Waals surface area contributed by atoms with E-state index in [1.807, 2.05) is 12.1 Å². The lowest BCUT2D eigenvalue weighted by molar-refractivity contribution is -0.137. The van der Waals surface area contributed by atoms with Gasteiger partial charge < -0.3 is 21.3 Å². The number of amides is 3. The topological polar surface area (TPSA) is 143 Å². The zero-order valence-corrected chi connectivity index (χ0v) is 24.7. The van der Waals surface area contributed by atoms with Gasteiger partial charge in [0, 0.05) is 50.0 Å². The summed E-state index contributed by atoms with van der Waals surface area (Å²) in [5, 5.41) is 2.71. The lowest BCUT2D eigenvalue weighted by Gasteiger charge is -2.38. The summed E-state index contributed by atoms with van der Waals surface area (Å²) in [5.74, 6) is 0.785. The van der Waals surface area contributed by atoms with Crippen LogP contribution in [0, 0.1) is 5.92 Å². The van der Waals surface area contributed by atoms with Crippen LogP contribution in [-0.2, 0) is 11.2 Å². The fourth-order valence-electron chi connectivity index (χ4n) is 6.90. The molecule has 6 rings (SSSR count). The number of hydrogen-bond acceptors (Lipinski definition) is 7. The fourth-order valence-corrected chi connectivity index (χ4v) is 6.90. The molecule has 3 amide bonds. The van der Waals surface area contributed by atoms with Crippen molar-refractivity contribution in [3.63, 3.8) is 0 Å². The minimum Gasteiger partial charge on any atom is -0.338 e. The number of carbonyl (C=O) groups is 2. The van der Waals surface area contributed by atoms with Gasteiger partial charge in [-0.25, -0.2) is 9.59 Å². The molecule has 222 valence electrons. The summed E-state index contributed by atoms with van der Waals surface area (Å²) < 4.78 is 1.46. The quantitative estimate of drug-likeness (QED) is 0.444. The number of carbonyl (C=O) groups excluding carboxylic acids is 2. The number of likely N-dealkylation sites (N-methyl/N-ethyl adjacent to an activating group) is 1. The Kier molecular flexibility index (Phi) is 7.97. The summed E-state index contributed by atoms with van der Waals surface area (Å²) in [4.78, 5) is 47.9. The number of benzene rings is 1. The van der Waals surface area contributed by atoms with E-state index in [1.165, 1.54) is 10.1 Å². The van der Waals surface area contributed by atoms with Crippen LogP contribution in [0.1, 0.15) is 52.5 Å². The number of aromatic nitrogens is 2. The zero-order chi connectivity index (χ0) is 29.5. The number of piperazine rings is 1. The molecule has 2 atom stereocenters. The van der Waals surface area contributed by atoms with Crippen molar-refractivity contribution in [3.05, 3.63) is 52.6 Å². The summed E-state index contributed by atoms with van der Waals surface area (Å²) in [5.41, 5.74) is 13.0. The molecule has 4 aliphatic rings. The molecule has 1 aromatic heterocycles. The Morgan fingerprint density at radius 2 is 1.73 bits per heavy atom. The van der Waals surface area contributed by atoms with E-state index < -0.39 is 11.2 Å². The molecular formula is C30H44N8O3. The average molecular weight is 565 g/mol. The largest absolute Gasteiger partial charge is 0.354 e. The van der Waals surface area contributed by atoms with E-state index in [-0.39, 0.29) is 23.3 Å². The van der Waals surface area contributed by atoms with E-state index in [4.69, 9.17) is 11.5 Å². The molecular weight excluding hydrogens is 520 g/mol. The van der Waals surface area contributed by atoms with Crippen LogP contribution in [-0.4, -0.2) is 92.1 Å². The molecule has 4 fully saturated rings. The molecule has 1 saturated heterocycles. The number of nitrogens with one attached hydrogen (secondary N) is 1. The number of hydrogen-bond donors (Lipinski definition) is 3. The third-order valence-electron chi connectivity index (χ3n) is 9.04. The smallest absolute Gasteiger partial charge is 0.338 e. The fraction of sp³-hybridized carbons (Fsp3) is 0.600. The van der Waals surface area contributed by atoms with Gasteiger partial charge in [0.15, 0.2) is 0 Å². The summed E-state index contributed by atoms with van der Waals surface area (Å²) >= 11 is 0. The first kappa shape index (κ1) is 29.2. The Hall–Kier alpha value is -3.28. The lowest BCUT2D eigenvalue weighted by atomic mass is 9.77. The van der Waals surface area contributed by atoms with Gasteiger partial charge in [0.25, 0.3) is 0 Å². The van der Waals surface area contributed by atoms with Gasteiger partial charge >= 0.3 is 11.7 Å². The van der Waals surface area contributed by atoms with E-state index in [0.717, 1.165) is 43.8 Å². The van der Waals surface area contributed by atoms with Crippen molar-refractivity contribution in [2.45, 2.75) is 76.5 Å². The summed E-state index contributed by atoms with van der Waals surface area (Å²) in [6, 6.07) is 10.2. The Morgan fingerprint density at radius 1 is 1.10 bits per heavy atom. The molecule has 3 aliphatic carbocycles. The Balaban J connectivity index is 1.16. The maximum absolute atomic E-state index is 12.8. The van der Waals surface area contributed by atoms with E-state index in [0.29, 0.717) is 38.3 Å². The minimum absolute atomic E-state index is 0.0725. The highest BCUT2D eigenvalue weighted by Gasteiger charge is 2.55. The van der Waals surface area contributed by atoms with Crippen molar-refractivity contribution in [2.75, 3.05) is 38.0 Å². The van der Waals surface area contributed by atoms with Gasteiger partial charge in [-0.3, -0.25) is 19.6 Å². The van der Waals surface area contributed by atoms with Crippen LogP contribution in [0.25, 0.3) is 5.69 Å². The highest BCUT2D eigenvalue weighted by Crippen LogP contribution is 2.52. The highest BCUT2D eigenvalue weighted by molar-refractivity contribution is 5.89. The molecule has 11 nitrogen and oxygen atoms in total. The number of rotatable bonds is 8. The van der Waals surface area contributed by atoms with Crippen molar-refractivity contribution in [1.82, 2.24) is 24.3 Å². The number of urea groups is 1. The monoisotopic (exact) mass is 564 g/mol. The molecule has 41 heavy (non-hydrogen) atoms. The first-order valence-corrected chi connectivity index (χ1v) is 14.7. The standard InChI is InChI=1S/C30H44N8O3/c1-5-37(24-19-30(32)17-22(24)18-30)20(2)16-21-6-8-23(9-7-21)38-11-10-25(34-28(38)41)33-27(40)36-14-12-35(13-15-36)26(39)29(3,4)31/h6-11,20,22,24H,5,12-19,31-32H2,1-4H3,(H,33,34,40,41)/t20?,22?,24-,30?/m1/s1. The van der Waals surface area contributed by atoms with Crippen molar-refractivity contribution in [2.24, 2.45) is 17.4 Å². The molecule has 3 saturated carbocycles. The minimum atomic E-state index is -0.947. The van der Waals surface area contributed by atoms with Crippen molar-refractivity contribution in [3.8, 4) is 5.69 Å². The van der Waals surface area contributed by atoms with E-state index in [1.54, 1.807) is 35.9 Å². The molecule has 2 heterocycles. The molecule has 2 aromatic rings.